The fourth-order valence-electron chi connectivity index (χ4n) is 1.68. The molecule has 0 bridgehead atoms. The van der Waals surface area contributed by atoms with E-state index in [1.807, 2.05) is 35.0 Å². The van der Waals surface area contributed by atoms with Gasteiger partial charge in [-0.15, -0.1) is 12.4 Å². The smallest absolute Gasteiger partial charge is 0.255 e. The average Bonchev–Trinajstić information content (AvgIpc) is 2.65. The number of carbonyl (C=O) groups is 1. The van der Waals surface area contributed by atoms with Crippen LogP contribution in [-0.2, 0) is 7.05 Å². The third-order valence-corrected chi connectivity index (χ3v) is 2.48. The molecule has 0 unspecified atom stereocenters. The van der Waals surface area contributed by atoms with Crippen molar-refractivity contribution in [1.82, 2.24) is 14.8 Å². The van der Waals surface area contributed by atoms with Crippen molar-refractivity contribution in [3.8, 4) is 0 Å². The highest BCUT2D eigenvalue weighted by atomic mass is 35.5. The third kappa shape index (κ3) is 2.73. The zero-order chi connectivity index (χ0) is 9.97. The lowest BCUT2D eigenvalue weighted by Gasteiger charge is -2.27. The van der Waals surface area contributed by atoms with E-state index in [4.69, 9.17) is 0 Å². The number of aryl methyl sites for hydroxylation is 1. The summed E-state index contributed by atoms with van der Waals surface area (Å²) >= 11 is 0. The van der Waals surface area contributed by atoms with E-state index in [0.29, 0.717) is 0 Å². The van der Waals surface area contributed by atoms with Gasteiger partial charge in [0.1, 0.15) is 0 Å². The van der Waals surface area contributed by atoms with E-state index in [1.54, 1.807) is 0 Å². The predicted molar refractivity (Wildman–Crippen MR) is 61.4 cm³/mol. The van der Waals surface area contributed by atoms with Crippen molar-refractivity contribution < 1.29 is 4.79 Å². The summed E-state index contributed by atoms with van der Waals surface area (Å²) in [4.78, 5) is 13.8. The molecule has 84 valence electrons. The van der Waals surface area contributed by atoms with Crippen LogP contribution in [0, 0.1) is 0 Å². The first-order valence-electron chi connectivity index (χ1n) is 4.89. The van der Waals surface area contributed by atoms with Gasteiger partial charge in [-0.2, -0.15) is 0 Å². The molecule has 1 aromatic heterocycles. The summed E-state index contributed by atoms with van der Waals surface area (Å²) in [6.07, 6.45) is 3.76. The molecule has 1 amide bonds. The summed E-state index contributed by atoms with van der Waals surface area (Å²) in [6, 6.07) is 1.87. The Morgan fingerprint density at radius 2 is 2.07 bits per heavy atom. The number of rotatable bonds is 1. The van der Waals surface area contributed by atoms with Crippen LogP contribution in [0.4, 0.5) is 0 Å². The van der Waals surface area contributed by atoms with Gasteiger partial charge < -0.3 is 14.8 Å². The van der Waals surface area contributed by atoms with E-state index >= 15 is 0 Å². The molecule has 1 aliphatic heterocycles. The van der Waals surface area contributed by atoms with Gasteiger partial charge in [0, 0.05) is 45.6 Å². The van der Waals surface area contributed by atoms with Crippen molar-refractivity contribution in [3.05, 3.63) is 24.0 Å². The second-order valence-electron chi connectivity index (χ2n) is 3.61. The third-order valence-electron chi connectivity index (χ3n) is 2.48. The summed E-state index contributed by atoms with van der Waals surface area (Å²) in [5.41, 5.74) is 0.786. The fraction of sp³-hybridized carbons (Fsp3) is 0.500. The number of hydrogen-bond acceptors (Lipinski definition) is 2. The zero-order valence-electron chi connectivity index (χ0n) is 8.77. The number of halogens is 1. The van der Waals surface area contributed by atoms with Gasteiger partial charge in [0.05, 0.1) is 5.56 Å². The van der Waals surface area contributed by atoms with E-state index < -0.39 is 0 Å². The number of amides is 1. The molecule has 0 atom stereocenters. The Morgan fingerprint density at radius 1 is 1.40 bits per heavy atom. The maximum absolute atomic E-state index is 11.9. The van der Waals surface area contributed by atoms with Gasteiger partial charge in [0.25, 0.3) is 5.91 Å². The number of carbonyl (C=O) groups excluding carboxylic acids is 1. The number of hydrogen-bond donors (Lipinski definition) is 1. The van der Waals surface area contributed by atoms with Gasteiger partial charge in [-0.25, -0.2) is 0 Å². The van der Waals surface area contributed by atoms with Crippen molar-refractivity contribution in [2.24, 2.45) is 7.05 Å². The minimum atomic E-state index is 0. The Hall–Kier alpha value is -1.00. The summed E-state index contributed by atoms with van der Waals surface area (Å²) in [5.74, 6) is 0.145. The molecule has 1 saturated heterocycles. The van der Waals surface area contributed by atoms with Crippen LogP contribution in [0.15, 0.2) is 18.5 Å². The van der Waals surface area contributed by atoms with E-state index in [1.165, 1.54) is 0 Å². The standard InChI is InChI=1S/C10H15N3O.ClH/c1-12-5-2-9(8-12)10(14)13-6-3-11-4-7-13;/h2,5,8,11H,3-4,6-7H2,1H3;1H. The zero-order valence-corrected chi connectivity index (χ0v) is 9.59. The molecule has 0 saturated carbocycles. The molecule has 4 nitrogen and oxygen atoms in total. The van der Waals surface area contributed by atoms with Crippen LogP contribution in [0.5, 0.6) is 0 Å². The molecule has 1 N–H and O–H groups in total. The lowest BCUT2D eigenvalue weighted by atomic mass is 10.2. The lowest BCUT2D eigenvalue weighted by Crippen LogP contribution is -2.46. The highest BCUT2D eigenvalue weighted by molar-refractivity contribution is 5.94. The Labute approximate surface area is 95.7 Å². The van der Waals surface area contributed by atoms with Crippen LogP contribution in [0.1, 0.15) is 10.4 Å². The van der Waals surface area contributed by atoms with Crippen LogP contribution in [0.2, 0.25) is 0 Å². The highest BCUT2D eigenvalue weighted by Gasteiger charge is 2.17. The first kappa shape index (κ1) is 12.1. The molecule has 0 aromatic carbocycles. The first-order valence-corrected chi connectivity index (χ1v) is 4.89. The van der Waals surface area contributed by atoms with Gasteiger partial charge >= 0.3 is 0 Å². The average molecular weight is 230 g/mol. The molecule has 1 aliphatic rings. The fourth-order valence-corrected chi connectivity index (χ4v) is 1.68. The van der Waals surface area contributed by atoms with Gasteiger partial charge in [-0.3, -0.25) is 4.79 Å². The Bertz CT molecular complexity index is 331. The molecular weight excluding hydrogens is 214 g/mol. The highest BCUT2D eigenvalue weighted by Crippen LogP contribution is 2.05. The molecule has 0 aliphatic carbocycles. The van der Waals surface area contributed by atoms with Gasteiger partial charge in [0.15, 0.2) is 0 Å². The monoisotopic (exact) mass is 229 g/mol. The molecule has 0 spiro atoms. The van der Waals surface area contributed by atoms with E-state index in [0.717, 1.165) is 31.7 Å². The molecule has 0 radical (unpaired) electrons. The summed E-state index contributed by atoms with van der Waals surface area (Å²) in [5, 5.41) is 3.23. The van der Waals surface area contributed by atoms with E-state index in [2.05, 4.69) is 5.32 Å². The Morgan fingerprint density at radius 3 is 2.60 bits per heavy atom. The van der Waals surface area contributed by atoms with Crippen LogP contribution >= 0.6 is 12.4 Å². The van der Waals surface area contributed by atoms with Crippen molar-refractivity contribution >= 4 is 18.3 Å². The topological polar surface area (TPSA) is 37.3 Å². The van der Waals surface area contributed by atoms with Crippen molar-refractivity contribution in [2.45, 2.75) is 0 Å². The predicted octanol–water partition coefficient (Wildman–Crippen LogP) is 0.492. The van der Waals surface area contributed by atoms with Crippen molar-refractivity contribution in [1.29, 1.82) is 0 Å². The van der Waals surface area contributed by atoms with Gasteiger partial charge in [-0.05, 0) is 6.07 Å². The van der Waals surface area contributed by atoms with Crippen LogP contribution < -0.4 is 5.32 Å². The summed E-state index contributed by atoms with van der Waals surface area (Å²) in [7, 11) is 1.93. The molecule has 5 heteroatoms. The van der Waals surface area contributed by atoms with Crippen molar-refractivity contribution in [2.75, 3.05) is 26.2 Å². The SMILES string of the molecule is Cl.Cn1ccc(C(=O)N2CCNCC2)c1. The second kappa shape index (κ2) is 5.19. The minimum absolute atomic E-state index is 0. The number of nitrogens with zero attached hydrogens (tertiary/aromatic N) is 2. The molecule has 1 aromatic rings. The molecule has 2 rings (SSSR count). The lowest BCUT2D eigenvalue weighted by molar-refractivity contribution is 0.0736. The van der Waals surface area contributed by atoms with Crippen LogP contribution in [0.25, 0.3) is 0 Å². The summed E-state index contributed by atoms with van der Waals surface area (Å²) < 4.78 is 1.90. The maximum Gasteiger partial charge on any atom is 0.255 e. The molecule has 15 heavy (non-hydrogen) atoms. The quantitative estimate of drug-likeness (QED) is 0.761. The number of aromatic nitrogens is 1. The Balaban J connectivity index is 0.00000112. The van der Waals surface area contributed by atoms with E-state index in [9.17, 15) is 4.79 Å². The second-order valence-corrected chi connectivity index (χ2v) is 3.61. The van der Waals surface area contributed by atoms with Crippen molar-refractivity contribution in [3.63, 3.8) is 0 Å². The first-order chi connectivity index (χ1) is 6.77. The molecule has 1 fully saturated rings. The minimum Gasteiger partial charge on any atom is -0.356 e. The maximum atomic E-state index is 11.9. The summed E-state index contributed by atoms with van der Waals surface area (Å²) in [6.45, 7) is 3.43. The number of piperazine rings is 1. The Kier molecular flexibility index (Phi) is 4.17. The van der Waals surface area contributed by atoms with Crippen LogP contribution in [-0.4, -0.2) is 41.6 Å². The van der Waals surface area contributed by atoms with Gasteiger partial charge in [-0.1, -0.05) is 0 Å². The molecule has 2 heterocycles. The largest absolute Gasteiger partial charge is 0.356 e. The van der Waals surface area contributed by atoms with Crippen LogP contribution in [0.3, 0.4) is 0 Å². The normalized spacial score (nSPS) is 15.9. The number of nitrogens with one attached hydrogen (secondary N) is 1. The van der Waals surface area contributed by atoms with E-state index in [-0.39, 0.29) is 18.3 Å². The van der Waals surface area contributed by atoms with Gasteiger partial charge in [0.2, 0.25) is 0 Å². The molecular formula is C10H16ClN3O.